The third-order valence-electron chi connectivity index (χ3n) is 3.93. The molecule has 0 amide bonds. The second-order valence-corrected chi connectivity index (χ2v) is 6.84. The van der Waals surface area contributed by atoms with Crippen LogP contribution in [0.3, 0.4) is 0 Å². The topological polar surface area (TPSA) is 43.8 Å². The van der Waals surface area contributed by atoms with Gasteiger partial charge in [-0.15, -0.1) is 0 Å². The molecule has 1 aromatic heterocycles. The van der Waals surface area contributed by atoms with Crippen LogP contribution in [0, 0.1) is 23.6 Å². The van der Waals surface area contributed by atoms with Gasteiger partial charge >= 0.3 is 0 Å². The van der Waals surface area contributed by atoms with Gasteiger partial charge in [0.1, 0.15) is 5.82 Å². The van der Waals surface area contributed by atoms with Gasteiger partial charge in [0.15, 0.2) is 0 Å². The van der Waals surface area contributed by atoms with Crippen molar-refractivity contribution in [1.82, 2.24) is 9.55 Å². The summed E-state index contributed by atoms with van der Waals surface area (Å²) < 4.78 is 16.0. The maximum absolute atomic E-state index is 13.6. The number of anilines is 1. The average molecular weight is 342 g/mol. The summed E-state index contributed by atoms with van der Waals surface area (Å²) in [6.07, 6.45) is 0. The Morgan fingerprint density at radius 2 is 1.85 bits per heavy atom. The van der Waals surface area contributed by atoms with E-state index in [0.29, 0.717) is 33.7 Å². The van der Waals surface area contributed by atoms with Crippen molar-refractivity contribution in [3.05, 3.63) is 22.4 Å². The zero-order valence-electron chi connectivity index (χ0n) is 12.3. The van der Waals surface area contributed by atoms with E-state index in [9.17, 15) is 4.39 Å². The van der Waals surface area contributed by atoms with Gasteiger partial charge in [-0.2, -0.15) is 0 Å². The average Bonchev–Trinajstić information content (AvgIpc) is 2.61. The molecule has 0 fully saturated rings. The Bertz CT molecular complexity index is 611. The quantitative estimate of drug-likeness (QED) is 0.892. The number of nitrogen functional groups attached to an aromatic ring is 1. The van der Waals surface area contributed by atoms with Gasteiger partial charge in [-0.1, -0.05) is 27.7 Å². The zero-order chi connectivity index (χ0) is 15.0. The fraction of sp³-hybridized carbons (Fsp3) is 0.533. The Balaban J connectivity index is 2.48. The summed E-state index contributed by atoms with van der Waals surface area (Å²) in [4.78, 5) is 4.27. The number of aromatic nitrogens is 2. The summed E-state index contributed by atoms with van der Waals surface area (Å²) in [5.41, 5.74) is 7.50. The van der Waals surface area contributed by atoms with Gasteiger partial charge in [-0.3, -0.25) is 0 Å². The number of imidazole rings is 1. The minimum atomic E-state index is -0.314. The highest BCUT2D eigenvalue weighted by Crippen LogP contribution is 2.29. The van der Waals surface area contributed by atoms with Crippen LogP contribution in [0.25, 0.3) is 11.0 Å². The van der Waals surface area contributed by atoms with Crippen molar-refractivity contribution in [3.8, 4) is 0 Å². The van der Waals surface area contributed by atoms with Crippen LogP contribution in [0.1, 0.15) is 27.7 Å². The first kappa shape index (κ1) is 15.3. The van der Waals surface area contributed by atoms with Gasteiger partial charge in [-0.25, -0.2) is 9.37 Å². The largest absolute Gasteiger partial charge is 0.369 e. The van der Waals surface area contributed by atoms with E-state index in [1.165, 1.54) is 6.07 Å². The first-order valence-corrected chi connectivity index (χ1v) is 7.71. The second-order valence-electron chi connectivity index (χ2n) is 5.99. The molecule has 0 bridgehead atoms. The van der Waals surface area contributed by atoms with Crippen LogP contribution >= 0.6 is 15.9 Å². The van der Waals surface area contributed by atoms with E-state index in [4.69, 9.17) is 5.73 Å². The Morgan fingerprint density at radius 1 is 1.25 bits per heavy atom. The van der Waals surface area contributed by atoms with E-state index in [-0.39, 0.29) is 5.82 Å². The third kappa shape index (κ3) is 2.82. The van der Waals surface area contributed by atoms with E-state index < -0.39 is 0 Å². The van der Waals surface area contributed by atoms with Crippen LogP contribution in [0.4, 0.5) is 10.3 Å². The Kier molecular flexibility index (Phi) is 4.37. The third-order valence-corrected chi connectivity index (χ3v) is 4.53. The molecule has 2 N–H and O–H groups in total. The maximum Gasteiger partial charge on any atom is 0.201 e. The zero-order valence-corrected chi connectivity index (χ0v) is 13.9. The molecule has 5 heteroatoms. The fourth-order valence-corrected chi connectivity index (χ4v) is 3.06. The van der Waals surface area contributed by atoms with Crippen molar-refractivity contribution in [1.29, 1.82) is 0 Å². The number of fused-ring (bicyclic) bond motifs is 1. The molecule has 3 nitrogen and oxygen atoms in total. The number of nitrogens with zero attached hydrogens (tertiary/aromatic N) is 2. The van der Waals surface area contributed by atoms with Crippen molar-refractivity contribution in [3.63, 3.8) is 0 Å². The van der Waals surface area contributed by atoms with Crippen LogP contribution in [0.5, 0.6) is 0 Å². The summed E-state index contributed by atoms with van der Waals surface area (Å²) in [7, 11) is 0. The molecular formula is C15H21BrFN3. The monoisotopic (exact) mass is 341 g/mol. The highest BCUT2D eigenvalue weighted by molar-refractivity contribution is 9.10. The summed E-state index contributed by atoms with van der Waals surface area (Å²) in [5, 5.41) is 0. The molecule has 0 atom stereocenters. The van der Waals surface area contributed by atoms with E-state index in [1.807, 2.05) is 4.57 Å². The van der Waals surface area contributed by atoms with Crippen LogP contribution in [0.2, 0.25) is 0 Å². The van der Waals surface area contributed by atoms with Crippen LogP contribution in [-0.2, 0) is 6.54 Å². The molecule has 0 saturated heterocycles. The van der Waals surface area contributed by atoms with Gasteiger partial charge in [0.2, 0.25) is 5.95 Å². The van der Waals surface area contributed by atoms with E-state index in [0.717, 1.165) is 12.1 Å². The van der Waals surface area contributed by atoms with Gasteiger partial charge in [0.25, 0.3) is 0 Å². The molecule has 20 heavy (non-hydrogen) atoms. The Hall–Kier alpha value is -1.10. The lowest BCUT2D eigenvalue weighted by Gasteiger charge is -2.26. The standard InChI is InChI=1S/C15H21BrFN3/c1-8(2)10(9(3)4)7-20-14-5-11(16)12(17)6-13(14)19-15(20)18/h5-6,8-10H,7H2,1-4H3,(H2,18,19). The number of benzene rings is 1. The summed E-state index contributed by atoms with van der Waals surface area (Å²) in [5.74, 6) is 1.74. The molecular weight excluding hydrogens is 321 g/mol. The number of nitrogens with two attached hydrogens (primary N) is 1. The minimum absolute atomic E-state index is 0.314. The molecule has 0 aliphatic rings. The predicted octanol–water partition coefficient (Wildman–Crippen LogP) is 4.45. The lowest BCUT2D eigenvalue weighted by atomic mass is 9.85. The van der Waals surface area contributed by atoms with Crippen LogP contribution in [-0.4, -0.2) is 9.55 Å². The molecule has 1 heterocycles. The van der Waals surface area contributed by atoms with Gasteiger partial charge in [0.05, 0.1) is 15.5 Å². The molecule has 110 valence electrons. The molecule has 0 unspecified atom stereocenters. The smallest absolute Gasteiger partial charge is 0.201 e. The van der Waals surface area contributed by atoms with E-state index >= 15 is 0 Å². The summed E-state index contributed by atoms with van der Waals surface area (Å²) >= 11 is 3.23. The first-order chi connectivity index (χ1) is 9.31. The molecule has 1 aromatic carbocycles. The molecule has 2 aromatic rings. The lowest BCUT2D eigenvalue weighted by molar-refractivity contribution is 0.255. The summed E-state index contributed by atoms with van der Waals surface area (Å²) in [6.45, 7) is 9.67. The number of hydrogen-bond donors (Lipinski definition) is 1. The normalized spacial score (nSPS) is 12.2. The van der Waals surface area contributed by atoms with Gasteiger partial charge in [0, 0.05) is 12.6 Å². The summed E-state index contributed by atoms with van der Waals surface area (Å²) in [6, 6.07) is 3.18. The van der Waals surface area contributed by atoms with Gasteiger partial charge in [-0.05, 0) is 39.8 Å². The van der Waals surface area contributed by atoms with Crippen molar-refractivity contribution in [2.45, 2.75) is 34.2 Å². The highest BCUT2D eigenvalue weighted by atomic mass is 79.9. The number of rotatable bonds is 4. The number of hydrogen-bond acceptors (Lipinski definition) is 2. The molecule has 0 radical (unpaired) electrons. The predicted molar refractivity (Wildman–Crippen MR) is 85.0 cm³/mol. The van der Waals surface area contributed by atoms with Crippen molar-refractivity contribution in [2.75, 3.05) is 5.73 Å². The van der Waals surface area contributed by atoms with E-state index in [1.54, 1.807) is 6.07 Å². The Labute approximate surface area is 127 Å². The molecule has 0 aliphatic heterocycles. The molecule has 0 saturated carbocycles. The maximum atomic E-state index is 13.6. The van der Waals surface area contributed by atoms with Crippen molar-refractivity contribution in [2.24, 2.45) is 17.8 Å². The molecule has 2 rings (SSSR count). The van der Waals surface area contributed by atoms with Gasteiger partial charge < -0.3 is 10.3 Å². The van der Waals surface area contributed by atoms with Crippen molar-refractivity contribution < 1.29 is 4.39 Å². The lowest BCUT2D eigenvalue weighted by Crippen LogP contribution is -2.22. The van der Waals surface area contributed by atoms with Crippen LogP contribution < -0.4 is 5.73 Å². The molecule has 0 aliphatic carbocycles. The molecule has 0 spiro atoms. The fourth-order valence-electron chi connectivity index (χ4n) is 2.73. The Morgan fingerprint density at radius 3 is 2.40 bits per heavy atom. The first-order valence-electron chi connectivity index (χ1n) is 6.92. The van der Waals surface area contributed by atoms with E-state index in [2.05, 4.69) is 48.6 Å². The SMILES string of the molecule is CC(C)C(Cn1c(N)nc2cc(F)c(Br)cc21)C(C)C. The highest BCUT2D eigenvalue weighted by Gasteiger charge is 2.21. The van der Waals surface area contributed by atoms with Crippen molar-refractivity contribution >= 4 is 32.9 Å². The number of halogens is 2. The second kappa shape index (κ2) is 5.72. The minimum Gasteiger partial charge on any atom is -0.369 e. The van der Waals surface area contributed by atoms with Crippen LogP contribution in [0.15, 0.2) is 16.6 Å².